The average Bonchev–Trinajstić information content (AvgIpc) is 4.11. The minimum absolute atomic E-state index is 0.0176. The summed E-state index contributed by atoms with van der Waals surface area (Å²) in [6.07, 6.45) is -9.15. The number of aliphatic hydroxyl groups excluding tert-OH is 5. The van der Waals surface area contributed by atoms with Gasteiger partial charge in [-0.2, -0.15) is 17.2 Å². The Morgan fingerprint density at radius 1 is 0.786 bits per heavy atom. The van der Waals surface area contributed by atoms with Gasteiger partial charge in [0, 0.05) is 30.6 Å². The lowest BCUT2D eigenvalue weighted by molar-refractivity contribution is -0.668. The van der Waals surface area contributed by atoms with Crippen molar-refractivity contribution in [3.8, 4) is 23.8 Å². The van der Waals surface area contributed by atoms with Crippen LogP contribution < -0.4 is 35.1 Å². The molecule has 2 aliphatic rings. The molecule has 0 unspecified atom stereocenters. The van der Waals surface area contributed by atoms with Gasteiger partial charge in [0.2, 0.25) is 71.3 Å². The molecule has 0 aliphatic carbocycles. The summed E-state index contributed by atoms with van der Waals surface area (Å²) in [6, 6.07) is 10.9. The van der Waals surface area contributed by atoms with Crippen molar-refractivity contribution in [3.05, 3.63) is 95.3 Å². The number of nitrogens with two attached hydrogens (primary N) is 1. The molecule has 34 heteroatoms. The van der Waals surface area contributed by atoms with E-state index in [1.807, 2.05) is 0 Å². The number of aliphatic carboxylic acids is 1. The first kappa shape index (κ1) is 63.9. The van der Waals surface area contributed by atoms with Crippen molar-refractivity contribution in [1.29, 1.82) is 0 Å². The summed E-state index contributed by atoms with van der Waals surface area (Å²) >= 11 is 0. The molecule has 11 N–H and O–H groups in total. The van der Waals surface area contributed by atoms with Crippen LogP contribution in [0.5, 0.6) is 11.5 Å². The summed E-state index contributed by atoms with van der Waals surface area (Å²) in [6.45, 7) is -1.59. The molecule has 0 spiro atoms. The van der Waals surface area contributed by atoms with Gasteiger partial charge in [-0.05, 0) is 35.9 Å². The largest absolute Gasteiger partial charge is 0.479 e. The van der Waals surface area contributed by atoms with E-state index in [0.29, 0.717) is 16.8 Å². The number of amides is 2. The molecule has 84 heavy (non-hydrogen) atoms. The van der Waals surface area contributed by atoms with E-state index in [4.69, 9.17) is 40.0 Å². The monoisotopic (exact) mass is 1210 g/mol. The molecular formula is C50H54F5N8O20S+. The second-order valence-corrected chi connectivity index (χ2v) is 19.5. The van der Waals surface area contributed by atoms with Crippen LogP contribution in [0.1, 0.15) is 36.6 Å². The van der Waals surface area contributed by atoms with Crippen LogP contribution in [0.25, 0.3) is 11.2 Å². The van der Waals surface area contributed by atoms with Crippen molar-refractivity contribution in [1.82, 2.24) is 19.9 Å². The normalized spacial score (nSPS) is 21.4. The number of esters is 1. The number of nitrogens with one attached hydrogen (secondary N) is 3. The standard InChI is InChI=1S/C50H53F5N8O20S/c1-2-24-4-3-5-26(18-24)60-46-38-47(63(23-58-38)48-42(70)39(67)29(80-48)21-79-84(56,74)75)62(22-59-46)20-25-6-7-28(81-50-43(71)40(68)41(69)45(83-50)49(72)73)27(19-25)61-31(65)8-11-57-30(64)9-12-76-14-16-78-17-15-77-13-10-32(66)82-44-36(54)34(52)33(51)35(53)37(44)55/h1,3-7,18-19,22-23,29,39-43,45,48,50,67-71H,8-17,20-21H2,(H5,56,57,61,64,65,72,73,74,75)/p+1/t29-,39-,40+,41+,42-,43-,45+,48-,50-/m1/s1. The van der Waals surface area contributed by atoms with Gasteiger partial charge in [-0.25, -0.2) is 37.2 Å². The Labute approximate surface area is 472 Å². The van der Waals surface area contributed by atoms with E-state index in [0.717, 1.165) is 0 Å². The number of carboxylic acid groups (broad SMARTS) is 1. The molecule has 2 amide bonds. The highest BCUT2D eigenvalue weighted by Crippen LogP contribution is 2.35. The molecule has 2 saturated heterocycles. The minimum atomic E-state index is -4.48. The number of imidazole rings is 1. The lowest BCUT2D eigenvalue weighted by Crippen LogP contribution is -2.61. The van der Waals surface area contributed by atoms with E-state index >= 15 is 0 Å². The number of aromatic nitrogens is 4. The Morgan fingerprint density at radius 2 is 1.45 bits per heavy atom. The smallest absolute Gasteiger partial charge is 0.335 e. The topological polar surface area (TPSA) is 394 Å². The van der Waals surface area contributed by atoms with E-state index in [1.165, 1.54) is 40.0 Å². The van der Waals surface area contributed by atoms with Crippen LogP contribution in [0.15, 0.2) is 55.1 Å². The Balaban J connectivity index is 0.969. The number of carbonyl (C=O) groups excluding carboxylic acids is 3. The third kappa shape index (κ3) is 16.2. The SMILES string of the molecule is C#Cc1cccc(Nc2nc[n+](Cc3ccc(O[C@@H]4O[C@H](C(=O)O)[C@@H](O)[C@H](O)[C@H]4O)c(NC(=O)CCNC(=O)CCOCCOCCOCCC(=O)Oc4c(F)c(F)c(F)c(F)c4F)c3)c3c2ncn3[C@@H]2O[C@H](COS(N)(=O)=O)[C@@H](O)[C@H]2O)c1. The van der Waals surface area contributed by atoms with E-state index in [-0.39, 0.29) is 94.0 Å². The zero-order valence-corrected chi connectivity index (χ0v) is 44.3. The number of fused-ring (bicyclic) bond motifs is 1. The molecule has 454 valence electrons. The quantitative estimate of drug-likeness (QED) is 0.00427. The number of rotatable bonds is 28. The van der Waals surface area contributed by atoms with Gasteiger partial charge >= 0.3 is 22.2 Å². The molecule has 0 radical (unpaired) electrons. The molecule has 4 heterocycles. The van der Waals surface area contributed by atoms with Crippen molar-refractivity contribution in [2.75, 3.05) is 63.4 Å². The van der Waals surface area contributed by atoms with Crippen molar-refractivity contribution in [2.24, 2.45) is 5.14 Å². The maximum absolute atomic E-state index is 13.7. The third-order valence-corrected chi connectivity index (χ3v) is 12.8. The van der Waals surface area contributed by atoms with E-state index in [9.17, 15) is 80.2 Å². The number of carboxylic acids is 1. The molecule has 5 aromatic rings. The van der Waals surface area contributed by atoms with Gasteiger partial charge in [0.1, 0.15) is 42.4 Å². The average molecular weight is 1210 g/mol. The maximum Gasteiger partial charge on any atom is 0.335 e. The first-order valence-corrected chi connectivity index (χ1v) is 26.4. The second-order valence-electron chi connectivity index (χ2n) is 18.3. The molecule has 7 rings (SSSR count). The molecule has 9 atom stereocenters. The Kier molecular flexibility index (Phi) is 21.9. The van der Waals surface area contributed by atoms with Crippen molar-refractivity contribution in [2.45, 2.75) is 81.1 Å². The van der Waals surface area contributed by atoms with Crippen LogP contribution >= 0.6 is 0 Å². The number of hydrogen-bond donors (Lipinski definition) is 10. The fourth-order valence-electron chi connectivity index (χ4n) is 8.19. The fraction of sp³-hybridized carbons (Fsp3) is 0.420. The Hall–Kier alpha value is -7.63. The van der Waals surface area contributed by atoms with Gasteiger partial charge in [-0.3, -0.25) is 18.6 Å². The molecule has 2 fully saturated rings. The Morgan fingerprint density at radius 3 is 2.12 bits per heavy atom. The van der Waals surface area contributed by atoms with Gasteiger partial charge in [0.15, 0.2) is 17.9 Å². The number of aliphatic hydroxyl groups is 5. The zero-order valence-electron chi connectivity index (χ0n) is 43.5. The highest BCUT2D eigenvalue weighted by molar-refractivity contribution is 7.84. The summed E-state index contributed by atoms with van der Waals surface area (Å²) < 4.78 is 135. The number of terminal acetylenes is 1. The van der Waals surface area contributed by atoms with E-state index in [2.05, 4.69) is 40.8 Å². The number of hydrogen-bond acceptors (Lipinski definition) is 22. The number of nitrogens with zero attached hydrogens (tertiary/aromatic N) is 4. The number of halogens is 5. The van der Waals surface area contributed by atoms with Crippen LogP contribution in [0, 0.1) is 41.4 Å². The highest BCUT2D eigenvalue weighted by Gasteiger charge is 2.49. The summed E-state index contributed by atoms with van der Waals surface area (Å²) in [5, 5.41) is 76.6. The van der Waals surface area contributed by atoms with Gasteiger partial charge in [0.25, 0.3) is 5.65 Å². The minimum Gasteiger partial charge on any atom is -0.479 e. The van der Waals surface area contributed by atoms with Crippen LogP contribution in [-0.2, 0) is 63.9 Å². The van der Waals surface area contributed by atoms with Gasteiger partial charge in [-0.15, -0.1) is 6.42 Å². The van der Waals surface area contributed by atoms with Gasteiger partial charge < -0.3 is 79.7 Å². The molecular weight excluding hydrogens is 1160 g/mol. The van der Waals surface area contributed by atoms with Gasteiger partial charge in [0.05, 0.1) is 64.9 Å². The molecule has 2 aromatic heterocycles. The molecule has 28 nitrogen and oxygen atoms in total. The summed E-state index contributed by atoms with van der Waals surface area (Å²) in [7, 11) is -4.48. The maximum atomic E-state index is 13.7. The summed E-state index contributed by atoms with van der Waals surface area (Å²) in [5.74, 6) is -15.1. The molecule has 3 aromatic carbocycles. The summed E-state index contributed by atoms with van der Waals surface area (Å²) in [4.78, 5) is 59.0. The van der Waals surface area contributed by atoms with Gasteiger partial charge in [-0.1, -0.05) is 23.0 Å². The number of carbonyl (C=O) groups is 4. The number of benzene rings is 3. The van der Waals surface area contributed by atoms with Crippen molar-refractivity contribution >= 4 is 62.4 Å². The predicted molar refractivity (Wildman–Crippen MR) is 271 cm³/mol. The lowest BCUT2D eigenvalue weighted by atomic mass is 9.99. The van der Waals surface area contributed by atoms with Crippen LogP contribution in [0.2, 0.25) is 0 Å². The zero-order chi connectivity index (χ0) is 61.0. The second kappa shape index (κ2) is 28.8. The molecule has 0 bridgehead atoms. The van der Waals surface area contributed by atoms with Crippen molar-refractivity contribution in [3.63, 3.8) is 0 Å². The Bertz CT molecular complexity index is 3330. The molecule has 2 aliphatic heterocycles. The first-order chi connectivity index (χ1) is 40.0. The van der Waals surface area contributed by atoms with Crippen molar-refractivity contribution < 1.29 is 122 Å². The van der Waals surface area contributed by atoms with E-state index in [1.54, 1.807) is 24.3 Å². The van der Waals surface area contributed by atoms with Crippen LogP contribution in [-0.4, -0.2) is 179 Å². The number of anilines is 3. The van der Waals surface area contributed by atoms with E-state index < -0.39 is 137 Å². The van der Waals surface area contributed by atoms with Crippen LogP contribution in [0.4, 0.5) is 39.1 Å². The molecule has 0 saturated carbocycles. The predicted octanol–water partition coefficient (Wildman–Crippen LogP) is -0.822. The third-order valence-electron chi connectivity index (χ3n) is 12.3. The summed E-state index contributed by atoms with van der Waals surface area (Å²) in [5.41, 5.74) is 1.64. The lowest BCUT2D eigenvalue weighted by Gasteiger charge is -2.38. The number of ether oxygens (including phenoxy) is 7. The fourth-order valence-corrected chi connectivity index (χ4v) is 8.51. The van der Waals surface area contributed by atoms with Crippen LogP contribution in [0.3, 0.4) is 0 Å². The highest BCUT2D eigenvalue weighted by atomic mass is 32.2. The first-order valence-electron chi connectivity index (χ1n) is 25.0.